The lowest BCUT2D eigenvalue weighted by atomic mass is 9.65. The van der Waals surface area contributed by atoms with Crippen molar-refractivity contribution in [2.75, 3.05) is 39.3 Å². The molecule has 0 radical (unpaired) electrons. The molecule has 0 spiro atoms. The maximum Gasteiger partial charge on any atom is 0.0584 e. The summed E-state index contributed by atoms with van der Waals surface area (Å²) < 4.78 is 0. The SMILES string of the molecule is CCC(CO)NCC1CCCC(CN[C@@H](CN2CCC(C3C=CC(Cl)CC3)C(C)(C)C2)C(C)C)C1. The van der Waals surface area contributed by atoms with E-state index >= 15 is 0 Å². The molecule has 3 N–H and O–H groups in total. The molecule has 0 aromatic carbocycles. The van der Waals surface area contributed by atoms with Gasteiger partial charge in [0.15, 0.2) is 0 Å². The van der Waals surface area contributed by atoms with E-state index in [1.807, 2.05) is 0 Å². The van der Waals surface area contributed by atoms with Crippen molar-refractivity contribution < 1.29 is 5.11 Å². The molecule has 0 aromatic rings. The zero-order valence-electron chi connectivity index (χ0n) is 23.4. The van der Waals surface area contributed by atoms with E-state index in [1.165, 1.54) is 58.2 Å². The number of nitrogens with one attached hydrogen (secondary N) is 2. The highest BCUT2D eigenvalue weighted by molar-refractivity contribution is 6.21. The van der Waals surface area contributed by atoms with Crippen LogP contribution < -0.4 is 10.6 Å². The lowest BCUT2D eigenvalue weighted by Crippen LogP contribution is -2.53. The van der Waals surface area contributed by atoms with Crippen molar-refractivity contribution in [1.82, 2.24) is 15.5 Å². The predicted molar refractivity (Wildman–Crippen MR) is 151 cm³/mol. The number of halogens is 1. The summed E-state index contributed by atoms with van der Waals surface area (Å²) in [5.41, 5.74) is 0.350. The number of hydrogen-bond acceptors (Lipinski definition) is 4. The Morgan fingerprint density at radius 2 is 1.74 bits per heavy atom. The van der Waals surface area contributed by atoms with Crippen LogP contribution in [-0.4, -0.2) is 66.8 Å². The molecule has 1 saturated heterocycles. The Labute approximate surface area is 222 Å². The van der Waals surface area contributed by atoms with Gasteiger partial charge in [-0.15, -0.1) is 11.6 Å². The smallest absolute Gasteiger partial charge is 0.0584 e. The van der Waals surface area contributed by atoms with Crippen LogP contribution in [0.1, 0.15) is 86.0 Å². The van der Waals surface area contributed by atoms with Crippen LogP contribution in [0.3, 0.4) is 0 Å². The average Bonchev–Trinajstić information content (AvgIpc) is 2.83. The summed E-state index contributed by atoms with van der Waals surface area (Å²) in [6.45, 7) is 18.0. The van der Waals surface area contributed by atoms with Gasteiger partial charge in [0.2, 0.25) is 0 Å². The van der Waals surface area contributed by atoms with Gasteiger partial charge in [0.1, 0.15) is 0 Å². The highest BCUT2D eigenvalue weighted by Crippen LogP contribution is 2.43. The van der Waals surface area contributed by atoms with Crippen molar-refractivity contribution in [1.29, 1.82) is 0 Å². The molecule has 204 valence electrons. The van der Waals surface area contributed by atoms with Gasteiger partial charge in [0.05, 0.1) is 12.0 Å². The van der Waals surface area contributed by atoms with E-state index in [4.69, 9.17) is 11.6 Å². The highest BCUT2D eigenvalue weighted by atomic mass is 35.5. The Balaban J connectivity index is 1.46. The fourth-order valence-electron chi connectivity index (χ4n) is 7.13. The van der Waals surface area contributed by atoms with Gasteiger partial charge in [0, 0.05) is 25.2 Å². The van der Waals surface area contributed by atoms with E-state index in [0.717, 1.165) is 43.7 Å². The molecule has 4 nitrogen and oxygen atoms in total. The zero-order valence-corrected chi connectivity index (χ0v) is 24.2. The number of rotatable bonds is 12. The summed E-state index contributed by atoms with van der Waals surface area (Å²) in [5.74, 6) is 3.68. The summed E-state index contributed by atoms with van der Waals surface area (Å²) >= 11 is 6.32. The minimum atomic E-state index is 0.247. The molecule has 1 aliphatic heterocycles. The summed E-state index contributed by atoms with van der Waals surface area (Å²) in [5, 5.41) is 17.3. The van der Waals surface area contributed by atoms with E-state index in [2.05, 4.69) is 62.3 Å². The Hall–Kier alpha value is -0.130. The molecular weight excluding hydrogens is 454 g/mol. The van der Waals surface area contributed by atoms with Crippen LogP contribution in [0.2, 0.25) is 0 Å². The number of nitrogens with zero attached hydrogens (tertiary/aromatic N) is 1. The molecular formula is C30H56ClN3O. The van der Waals surface area contributed by atoms with Crippen molar-refractivity contribution in [3.05, 3.63) is 12.2 Å². The molecule has 3 rings (SSSR count). The first-order chi connectivity index (χ1) is 16.7. The van der Waals surface area contributed by atoms with Gasteiger partial charge < -0.3 is 20.6 Å². The Morgan fingerprint density at radius 3 is 2.31 bits per heavy atom. The fourth-order valence-corrected chi connectivity index (χ4v) is 7.34. The minimum Gasteiger partial charge on any atom is -0.395 e. The van der Waals surface area contributed by atoms with Crippen LogP contribution in [0.4, 0.5) is 0 Å². The minimum absolute atomic E-state index is 0.247. The molecule has 3 aliphatic rings. The van der Waals surface area contributed by atoms with Crippen molar-refractivity contribution >= 4 is 11.6 Å². The summed E-state index contributed by atoms with van der Waals surface area (Å²) in [4.78, 5) is 2.75. The second-order valence-electron chi connectivity index (χ2n) is 13.1. The van der Waals surface area contributed by atoms with Gasteiger partial charge in [-0.3, -0.25) is 0 Å². The lowest BCUT2D eigenvalue weighted by Gasteiger charge is -2.48. The first kappa shape index (κ1) is 29.4. The molecule has 2 aliphatic carbocycles. The van der Waals surface area contributed by atoms with Gasteiger partial charge in [0.25, 0.3) is 0 Å². The number of aliphatic hydroxyl groups is 1. The third kappa shape index (κ3) is 8.99. The Morgan fingerprint density at radius 1 is 1.03 bits per heavy atom. The fraction of sp³-hybridized carbons (Fsp3) is 0.933. The standard InChI is InChI=1S/C30H56ClN3O/c1-6-27(20-35)32-17-23-8-7-9-24(16-23)18-33-29(22(2)3)19-34-15-14-28(30(4,5)21-34)25-10-12-26(31)13-11-25/h10,12,22-29,32-33,35H,6-9,11,13-21H2,1-5H3/t23?,24?,25?,26?,27?,28?,29-/m0/s1. The first-order valence-corrected chi connectivity index (χ1v) is 15.3. The molecule has 5 heteroatoms. The molecule has 2 fully saturated rings. The molecule has 1 heterocycles. The maximum atomic E-state index is 9.48. The van der Waals surface area contributed by atoms with Crippen LogP contribution in [0.5, 0.6) is 0 Å². The number of allylic oxidation sites excluding steroid dienone is 2. The third-order valence-electron chi connectivity index (χ3n) is 9.48. The molecule has 0 aromatic heterocycles. The summed E-state index contributed by atoms with van der Waals surface area (Å²) in [6.07, 6.45) is 14.8. The summed E-state index contributed by atoms with van der Waals surface area (Å²) in [6, 6.07) is 0.824. The van der Waals surface area contributed by atoms with Gasteiger partial charge >= 0.3 is 0 Å². The Kier molecular flexibility index (Phi) is 11.9. The van der Waals surface area contributed by atoms with Crippen molar-refractivity contribution in [2.24, 2.45) is 35.0 Å². The molecule has 6 unspecified atom stereocenters. The first-order valence-electron chi connectivity index (χ1n) is 14.8. The van der Waals surface area contributed by atoms with E-state index in [9.17, 15) is 5.11 Å². The monoisotopic (exact) mass is 509 g/mol. The maximum absolute atomic E-state index is 9.48. The number of alkyl halides is 1. The summed E-state index contributed by atoms with van der Waals surface area (Å²) in [7, 11) is 0. The molecule has 7 atom stereocenters. The second-order valence-corrected chi connectivity index (χ2v) is 13.7. The molecule has 35 heavy (non-hydrogen) atoms. The Bertz CT molecular complexity index is 635. The van der Waals surface area contributed by atoms with Crippen molar-refractivity contribution in [2.45, 2.75) is 103 Å². The predicted octanol–water partition coefficient (Wildman–Crippen LogP) is 5.69. The van der Waals surface area contributed by atoms with E-state index < -0.39 is 0 Å². The van der Waals surface area contributed by atoms with E-state index in [-0.39, 0.29) is 18.0 Å². The molecule has 0 bridgehead atoms. The van der Waals surface area contributed by atoms with Gasteiger partial charge in [-0.25, -0.2) is 0 Å². The quantitative estimate of drug-likeness (QED) is 0.233. The number of hydrogen-bond donors (Lipinski definition) is 3. The van der Waals surface area contributed by atoms with Gasteiger partial charge in [-0.2, -0.15) is 0 Å². The number of aliphatic hydroxyl groups excluding tert-OH is 1. The van der Waals surface area contributed by atoms with Crippen LogP contribution in [0, 0.1) is 35.0 Å². The molecule has 1 saturated carbocycles. The van der Waals surface area contributed by atoms with Crippen LogP contribution in [0.15, 0.2) is 12.2 Å². The molecule has 0 amide bonds. The van der Waals surface area contributed by atoms with Crippen molar-refractivity contribution in [3.8, 4) is 0 Å². The van der Waals surface area contributed by atoms with Crippen molar-refractivity contribution in [3.63, 3.8) is 0 Å². The van der Waals surface area contributed by atoms with Crippen LogP contribution >= 0.6 is 11.6 Å². The lowest BCUT2D eigenvalue weighted by molar-refractivity contribution is 0.0216. The largest absolute Gasteiger partial charge is 0.395 e. The van der Waals surface area contributed by atoms with Gasteiger partial charge in [-0.05, 0) is 99.6 Å². The van der Waals surface area contributed by atoms with Crippen LogP contribution in [-0.2, 0) is 0 Å². The highest BCUT2D eigenvalue weighted by Gasteiger charge is 2.40. The zero-order chi connectivity index (χ0) is 25.4. The van der Waals surface area contributed by atoms with E-state index in [0.29, 0.717) is 23.3 Å². The van der Waals surface area contributed by atoms with Gasteiger partial charge in [-0.1, -0.05) is 53.2 Å². The normalized spacial score (nSPS) is 33.7. The topological polar surface area (TPSA) is 47.5 Å². The number of piperidine rings is 1. The average molecular weight is 510 g/mol. The number of likely N-dealkylation sites (tertiary alicyclic amines) is 1. The van der Waals surface area contributed by atoms with Crippen LogP contribution in [0.25, 0.3) is 0 Å². The van der Waals surface area contributed by atoms with E-state index in [1.54, 1.807) is 0 Å². The third-order valence-corrected chi connectivity index (χ3v) is 9.84. The second kappa shape index (κ2) is 14.1.